The number of nitrogens with one attached hydrogen (secondary N) is 1. The highest BCUT2D eigenvalue weighted by Crippen LogP contribution is 2.46. The SMILES string of the molecule is CC[n+]1c(C=CC=C2N(C)c3ccccc3C2(C)C)n(-c2ccccc2)c2ccc(NC(C)=O)cc21. The lowest BCUT2D eigenvalue weighted by Gasteiger charge is -2.23. The number of aromatic nitrogens is 2. The first-order chi connectivity index (χ1) is 17.3. The Labute approximate surface area is 213 Å². The van der Waals surface area contributed by atoms with Crippen LogP contribution in [-0.2, 0) is 16.8 Å². The second-order valence-electron chi connectivity index (χ2n) is 9.77. The largest absolute Gasteiger partial charge is 0.347 e. The van der Waals surface area contributed by atoms with E-state index in [4.69, 9.17) is 0 Å². The summed E-state index contributed by atoms with van der Waals surface area (Å²) >= 11 is 0. The van der Waals surface area contributed by atoms with Crippen molar-refractivity contribution in [3.8, 4) is 5.69 Å². The van der Waals surface area contributed by atoms with Crippen LogP contribution < -0.4 is 14.8 Å². The average molecular weight is 478 g/mol. The number of rotatable bonds is 5. The molecule has 1 amide bonds. The lowest BCUT2D eigenvalue weighted by atomic mass is 9.84. The monoisotopic (exact) mass is 477 g/mol. The molecule has 5 heteroatoms. The Hall–Kier alpha value is -4.12. The Morgan fingerprint density at radius 1 is 1.03 bits per heavy atom. The van der Waals surface area contributed by atoms with Crippen molar-refractivity contribution in [1.29, 1.82) is 0 Å². The zero-order valence-corrected chi connectivity index (χ0v) is 21.6. The van der Waals surface area contributed by atoms with Gasteiger partial charge in [0.15, 0.2) is 11.0 Å². The van der Waals surface area contributed by atoms with Gasteiger partial charge in [-0.1, -0.05) is 56.3 Å². The lowest BCUT2D eigenvalue weighted by Crippen LogP contribution is -2.35. The number of aryl methyl sites for hydroxylation is 1. The Morgan fingerprint density at radius 2 is 1.75 bits per heavy atom. The van der Waals surface area contributed by atoms with Crippen LogP contribution in [0.2, 0.25) is 0 Å². The molecule has 0 unspecified atom stereocenters. The Balaban J connectivity index is 1.65. The van der Waals surface area contributed by atoms with Crippen molar-refractivity contribution < 1.29 is 9.36 Å². The molecule has 0 fully saturated rings. The van der Waals surface area contributed by atoms with E-state index in [0.717, 1.165) is 34.8 Å². The van der Waals surface area contributed by atoms with Crippen LogP contribution in [0, 0.1) is 0 Å². The summed E-state index contributed by atoms with van der Waals surface area (Å²) < 4.78 is 4.57. The number of allylic oxidation sites excluding steroid dienone is 3. The number of anilines is 2. The van der Waals surface area contributed by atoms with Crippen molar-refractivity contribution in [2.45, 2.75) is 39.7 Å². The molecule has 182 valence electrons. The van der Waals surface area contributed by atoms with Gasteiger partial charge in [-0.15, -0.1) is 0 Å². The number of benzene rings is 3. The van der Waals surface area contributed by atoms with Crippen molar-refractivity contribution >= 4 is 34.4 Å². The van der Waals surface area contributed by atoms with Crippen molar-refractivity contribution in [1.82, 2.24) is 4.57 Å². The van der Waals surface area contributed by atoms with Crippen molar-refractivity contribution in [2.24, 2.45) is 0 Å². The molecule has 0 saturated heterocycles. The third-order valence-electron chi connectivity index (χ3n) is 7.10. The molecule has 0 radical (unpaired) electrons. The smallest absolute Gasteiger partial charge is 0.287 e. The average Bonchev–Trinajstić information content (AvgIpc) is 3.28. The molecule has 1 aromatic heterocycles. The summed E-state index contributed by atoms with van der Waals surface area (Å²) in [5.74, 6) is 1.00. The summed E-state index contributed by atoms with van der Waals surface area (Å²) in [6.45, 7) is 9.05. The predicted octanol–water partition coefficient (Wildman–Crippen LogP) is 6.22. The fraction of sp³-hybridized carbons (Fsp3) is 0.226. The van der Waals surface area contributed by atoms with Gasteiger partial charge in [0, 0.05) is 48.6 Å². The standard InChI is InChI=1S/C31H32N4O/c1-6-34-28-21-23(32-22(2)36)19-20-27(28)35(24-13-8-7-9-14-24)30(34)18-12-17-29-31(3,4)25-15-10-11-16-26(25)33(29)5/h7-21H,6H2,1-5H3/p+1. The summed E-state index contributed by atoms with van der Waals surface area (Å²) in [6.07, 6.45) is 6.58. The number of amides is 1. The minimum Gasteiger partial charge on any atom is -0.347 e. The van der Waals surface area contributed by atoms with Gasteiger partial charge >= 0.3 is 0 Å². The van der Waals surface area contributed by atoms with Gasteiger partial charge < -0.3 is 10.2 Å². The summed E-state index contributed by atoms with van der Waals surface area (Å²) in [7, 11) is 2.14. The van der Waals surface area contributed by atoms with Crippen LogP contribution in [0.15, 0.2) is 90.6 Å². The number of hydrogen-bond donors (Lipinski definition) is 1. The molecule has 1 aliphatic heterocycles. The maximum absolute atomic E-state index is 11.7. The minimum atomic E-state index is -0.0736. The molecule has 1 N–H and O–H groups in total. The zero-order chi connectivity index (χ0) is 25.4. The molecule has 2 heterocycles. The highest BCUT2D eigenvalue weighted by Gasteiger charge is 2.37. The van der Waals surface area contributed by atoms with Crippen LogP contribution >= 0.6 is 0 Å². The first-order valence-corrected chi connectivity index (χ1v) is 12.5. The summed E-state index contributed by atoms with van der Waals surface area (Å²) in [5, 5.41) is 2.92. The predicted molar refractivity (Wildman–Crippen MR) is 148 cm³/mol. The number of nitrogens with zero attached hydrogens (tertiary/aromatic N) is 3. The van der Waals surface area contributed by atoms with E-state index in [-0.39, 0.29) is 11.3 Å². The number of imidazole rings is 1. The first kappa shape index (κ1) is 23.6. The van der Waals surface area contributed by atoms with Gasteiger partial charge in [-0.05, 0) is 48.9 Å². The molecule has 0 bridgehead atoms. The molecule has 36 heavy (non-hydrogen) atoms. The summed E-state index contributed by atoms with van der Waals surface area (Å²) in [5.41, 5.74) is 7.86. The number of hydrogen-bond acceptors (Lipinski definition) is 2. The van der Waals surface area contributed by atoms with E-state index in [9.17, 15) is 4.79 Å². The zero-order valence-electron chi connectivity index (χ0n) is 21.6. The van der Waals surface area contributed by atoms with E-state index >= 15 is 0 Å². The molecule has 0 aliphatic carbocycles. The second-order valence-corrected chi connectivity index (χ2v) is 9.77. The number of para-hydroxylation sites is 2. The molecule has 3 aromatic carbocycles. The normalized spacial score (nSPS) is 15.7. The summed E-state index contributed by atoms with van der Waals surface area (Å²) in [6, 6.07) is 25.1. The minimum absolute atomic E-state index is 0.0732. The molecule has 0 atom stereocenters. The number of likely N-dealkylation sites (N-methyl/N-ethyl adjacent to an activating group) is 1. The maximum Gasteiger partial charge on any atom is 0.287 e. The number of carbonyl (C=O) groups excluding carboxylic acids is 1. The fourth-order valence-electron chi connectivity index (χ4n) is 5.45. The first-order valence-electron chi connectivity index (χ1n) is 12.5. The quantitative estimate of drug-likeness (QED) is 0.347. The van der Waals surface area contributed by atoms with Gasteiger partial charge in [-0.2, -0.15) is 4.57 Å². The van der Waals surface area contributed by atoms with Gasteiger partial charge in [0.1, 0.15) is 5.69 Å². The van der Waals surface area contributed by atoms with Crippen LogP contribution in [0.5, 0.6) is 0 Å². The molecule has 5 rings (SSSR count). The maximum atomic E-state index is 11.7. The highest BCUT2D eigenvalue weighted by atomic mass is 16.1. The van der Waals surface area contributed by atoms with E-state index in [2.05, 4.69) is 126 Å². The Morgan fingerprint density at radius 3 is 2.44 bits per heavy atom. The molecule has 0 saturated carbocycles. The van der Waals surface area contributed by atoms with Gasteiger partial charge in [0.25, 0.3) is 5.82 Å². The van der Waals surface area contributed by atoms with Crippen LogP contribution in [0.25, 0.3) is 22.8 Å². The van der Waals surface area contributed by atoms with E-state index in [1.54, 1.807) is 0 Å². The van der Waals surface area contributed by atoms with Crippen molar-refractivity contribution in [3.63, 3.8) is 0 Å². The van der Waals surface area contributed by atoms with Crippen molar-refractivity contribution in [3.05, 3.63) is 102 Å². The van der Waals surface area contributed by atoms with Gasteiger partial charge in [0.05, 0.1) is 6.54 Å². The second kappa shape index (κ2) is 9.15. The topological polar surface area (TPSA) is 41.1 Å². The number of fused-ring (bicyclic) bond motifs is 2. The van der Waals surface area contributed by atoms with Crippen LogP contribution in [0.4, 0.5) is 11.4 Å². The number of carbonyl (C=O) groups is 1. The van der Waals surface area contributed by atoms with E-state index in [1.807, 2.05) is 12.1 Å². The van der Waals surface area contributed by atoms with Gasteiger partial charge in [-0.25, -0.2) is 4.57 Å². The molecule has 4 aromatic rings. The van der Waals surface area contributed by atoms with E-state index < -0.39 is 0 Å². The van der Waals surface area contributed by atoms with Gasteiger partial charge in [0.2, 0.25) is 5.91 Å². The summed E-state index contributed by atoms with van der Waals surface area (Å²) in [4.78, 5) is 14.0. The van der Waals surface area contributed by atoms with Crippen LogP contribution in [0.3, 0.4) is 0 Å². The third kappa shape index (κ3) is 3.91. The van der Waals surface area contributed by atoms with Crippen LogP contribution in [0.1, 0.15) is 39.1 Å². The Bertz CT molecular complexity index is 1510. The lowest BCUT2D eigenvalue weighted by molar-refractivity contribution is -0.670. The highest BCUT2D eigenvalue weighted by molar-refractivity contribution is 5.91. The fourth-order valence-corrected chi connectivity index (χ4v) is 5.45. The van der Waals surface area contributed by atoms with Crippen molar-refractivity contribution in [2.75, 3.05) is 17.3 Å². The van der Waals surface area contributed by atoms with Crippen LogP contribution in [-0.4, -0.2) is 17.5 Å². The molecular formula is C31H33N4O+. The van der Waals surface area contributed by atoms with E-state index in [0.29, 0.717) is 0 Å². The van der Waals surface area contributed by atoms with E-state index in [1.165, 1.54) is 23.9 Å². The molecule has 5 nitrogen and oxygen atoms in total. The Kier molecular flexibility index (Phi) is 6.00. The van der Waals surface area contributed by atoms with Gasteiger partial charge in [-0.3, -0.25) is 4.79 Å². The molecular weight excluding hydrogens is 444 g/mol. The molecule has 0 spiro atoms. The molecule has 1 aliphatic rings. The third-order valence-corrected chi connectivity index (χ3v) is 7.10.